The summed E-state index contributed by atoms with van der Waals surface area (Å²) in [5.41, 5.74) is 6.71. The van der Waals surface area contributed by atoms with Crippen molar-refractivity contribution in [3.05, 3.63) is 152 Å². The van der Waals surface area contributed by atoms with Crippen LogP contribution in [-0.4, -0.2) is 0 Å². The van der Waals surface area contributed by atoms with Crippen molar-refractivity contribution < 1.29 is 8.83 Å². The van der Waals surface area contributed by atoms with Crippen molar-refractivity contribution in [1.29, 1.82) is 0 Å². The molecule has 0 saturated carbocycles. The summed E-state index contributed by atoms with van der Waals surface area (Å²) in [7, 11) is 0. The maximum atomic E-state index is 6.42. The van der Waals surface area contributed by atoms with Gasteiger partial charge < -0.3 is 13.7 Å². The fourth-order valence-corrected chi connectivity index (χ4v) is 7.17. The van der Waals surface area contributed by atoms with Crippen LogP contribution in [0.1, 0.15) is 0 Å². The van der Waals surface area contributed by atoms with Crippen molar-refractivity contribution in [2.45, 2.75) is 0 Å². The molecule has 0 saturated heterocycles. The van der Waals surface area contributed by atoms with Crippen molar-refractivity contribution in [2.75, 3.05) is 4.90 Å². The third-order valence-electron chi connectivity index (χ3n) is 9.21. The summed E-state index contributed by atoms with van der Waals surface area (Å²) in [5.74, 6) is 0. The molecule has 45 heavy (non-hydrogen) atoms. The molecule has 2 heterocycles. The second-order valence-corrected chi connectivity index (χ2v) is 11.7. The largest absolute Gasteiger partial charge is 0.456 e. The Morgan fingerprint density at radius 2 is 0.889 bits per heavy atom. The maximum absolute atomic E-state index is 6.42. The SMILES string of the molecule is c1ccc2c(c1)cc(N(c1ccc3c(c1)oc1ccccc13)c1ccc3oc4ccccc4c3c1)c1c3ccccc3ccc21. The zero-order valence-corrected chi connectivity index (χ0v) is 24.2. The van der Waals surface area contributed by atoms with Gasteiger partial charge in [-0.3, -0.25) is 0 Å². The Bertz CT molecular complexity index is 2780. The highest BCUT2D eigenvalue weighted by atomic mass is 16.3. The Hall–Kier alpha value is -6.06. The fourth-order valence-electron chi connectivity index (χ4n) is 7.17. The smallest absolute Gasteiger partial charge is 0.137 e. The first kappa shape index (κ1) is 24.4. The van der Waals surface area contributed by atoms with Gasteiger partial charge in [0.05, 0.1) is 5.69 Å². The molecule has 0 aliphatic rings. The second-order valence-electron chi connectivity index (χ2n) is 11.7. The van der Waals surface area contributed by atoms with E-state index in [2.05, 4.69) is 132 Å². The Labute approximate surface area is 258 Å². The lowest BCUT2D eigenvalue weighted by molar-refractivity contribution is 0.668. The third kappa shape index (κ3) is 3.58. The van der Waals surface area contributed by atoms with Gasteiger partial charge in [-0.15, -0.1) is 0 Å². The zero-order valence-electron chi connectivity index (χ0n) is 24.2. The lowest BCUT2D eigenvalue weighted by atomic mass is 9.94. The van der Waals surface area contributed by atoms with Crippen LogP contribution in [0.5, 0.6) is 0 Å². The number of hydrogen-bond acceptors (Lipinski definition) is 3. The number of furan rings is 2. The van der Waals surface area contributed by atoms with E-state index in [0.29, 0.717) is 0 Å². The molecule has 0 unspecified atom stereocenters. The van der Waals surface area contributed by atoms with Gasteiger partial charge in [0.25, 0.3) is 0 Å². The van der Waals surface area contributed by atoms with E-state index in [1.807, 2.05) is 24.3 Å². The Kier molecular flexibility index (Phi) is 5.00. The molecule has 0 aliphatic heterocycles. The molecule has 0 bridgehead atoms. The minimum absolute atomic E-state index is 0.864. The molecule has 10 aromatic rings. The van der Waals surface area contributed by atoms with Crippen LogP contribution in [-0.2, 0) is 0 Å². The highest BCUT2D eigenvalue weighted by Crippen LogP contribution is 2.46. The van der Waals surface area contributed by atoms with Crippen molar-refractivity contribution in [3.8, 4) is 0 Å². The van der Waals surface area contributed by atoms with Crippen LogP contribution >= 0.6 is 0 Å². The van der Waals surface area contributed by atoms with Gasteiger partial charge in [-0.2, -0.15) is 0 Å². The summed E-state index contributed by atoms with van der Waals surface area (Å²) in [6.45, 7) is 0. The first-order valence-electron chi connectivity index (χ1n) is 15.3. The number of benzene rings is 8. The van der Waals surface area contributed by atoms with Gasteiger partial charge >= 0.3 is 0 Å². The summed E-state index contributed by atoms with van der Waals surface area (Å²) in [4.78, 5) is 2.38. The predicted octanol–water partition coefficient (Wildman–Crippen LogP) is 12.4. The van der Waals surface area contributed by atoms with Gasteiger partial charge in [0.2, 0.25) is 0 Å². The number of nitrogens with zero attached hydrogens (tertiary/aromatic N) is 1. The average molecular weight is 576 g/mol. The van der Waals surface area contributed by atoms with E-state index in [1.165, 1.54) is 32.3 Å². The molecule has 0 atom stereocenters. The first-order valence-corrected chi connectivity index (χ1v) is 15.3. The minimum atomic E-state index is 0.864. The number of hydrogen-bond donors (Lipinski definition) is 0. The standard InChI is InChI=1S/C42H25NO2/c1-4-12-31-26(9-1)17-20-35-30-11-3-2-10-27(30)23-37(42(31)35)43(28-19-22-40-36(24-28)33-14-6-8-16-39(33)44-40)29-18-21-34-32-13-5-7-15-38(32)45-41(34)25-29/h1-25H. The van der Waals surface area contributed by atoms with Crippen LogP contribution in [0.3, 0.4) is 0 Å². The van der Waals surface area contributed by atoms with Gasteiger partial charge in [0, 0.05) is 44.4 Å². The molecule has 2 aromatic heterocycles. The quantitative estimate of drug-likeness (QED) is 0.196. The molecule has 210 valence electrons. The van der Waals surface area contributed by atoms with Crippen molar-refractivity contribution in [1.82, 2.24) is 0 Å². The third-order valence-corrected chi connectivity index (χ3v) is 9.21. The van der Waals surface area contributed by atoms with Crippen molar-refractivity contribution >= 4 is 93.3 Å². The predicted molar refractivity (Wildman–Crippen MR) is 188 cm³/mol. The van der Waals surface area contributed by atoms with Crippen LogP contribution in [0, 0.1) is 0 Å². The van der Waals surface area contributed by atoms with E-state index in [0.717, 1.165) is 60.9 Å². The van der Waals surface area contributed by atoms with E-state index < -0.39 is 0 Å². The van der Waals surface area contributed by atoms with Crippen LogP contribution in [0.2, 0.25) is 0 Å². The van der Waals surface area contributed by atoms with E-state index in [4.69, 9.17) is 8.83 Å². The van der Waals surface area contributed by atoms with E-state index in [1.54, 1.807) is 0 Å². The molecule has 0 radical (unpaired) electrons. The number of rotatable bonds is 3. The highest BCUT2D eigenvalue weighted by Gasteiger charge is 2.21. The van der Waals surface area contributed by atoms with E-state index >= 15 is 0 Å². The number of para-hydroxylation sites is 2. The molecule has 3 heteroatoms. The van der Waals surface area contributed by atoms with Crippen LogP contribution in [0.15, 0.2) is 160 Å². The Balaban J connectivity index is 1.34. The number of fused-ring (bicyclic) bond motifs is 11. The molecule has 0 fully saturated rings. The van der Waals surface area contributed by atoms with Gasteiger partial charge in [-0.05, 0) is 75.5 Å². The molecule has 0 N–H and O–H groups in total. The van der Waals surface area contributed by atoms with Crippen molar-refractivity contribution in [2.24, 2.45) is 0 Å². The molecule has 10 rings (SSSR count). The van der Waals surface area contributed by atoms with E-state index in [-0.39, 0.29) is 0 Å². The lowest BCUT2D eigenvalue weighted by Crippen LogP contribution is -2.10. The normalized spacial score (nSPS) is 12.0. The summed E-state index contributed by atoms with van der Waals surface area (Å²) < 4.78 is 12.7. The first-order chi connectivity index (χ1) is 22.3. The fraction of sp³-hybridized carbons (Fsp3) is 0. The minimum Gasteiger partial charge on any atom is -0.456 e. The molecule has 0 spiro atoms. The summed E-state index contributed by atoms with van der Waals surface area (Å²) in [6.07, 6.45) is 0. The highest BCUT2D eigenvalue weighted by molar-refractivity contribution is 6.24. The average Bonchev–Trinajstić information content (AvgIpc) is 3.66. The summed E-state index contributed by atoms with van der Waals surface area (Å²) in [5, 5.41) is 11.7. The van der Waals surface area contributed by atoms with Crippen LogP contribution in [0.4, 0.5) is 17.1 Å². The molecule has 0 amide bonds. The molecular formula is C42H25NO2. The Morgan fingerprint density at radius 1 is 0.333 bits per heavy atom. The topological polar surface area (TPSA) is 29.5 Å². The maximum Gasteiger partial charge on any atom is 0.137 e. The molecular weight excluding hydrogens is 550 g/mol. The molecule has 8 aromatic carbocycles. The lowest BCUT2D eigenvalue weighted by Gasteiger charge is -2.28. The summed E-state index contributed by atoms with van der Waals surface area (Å²) >= 11 is 0. The van der Waals surface area contributed by atoms with Crippen LogP contribution in [0.25, 0.3) is 76.2 Å². The van der Waals surface area contributed by atoms with Crippen LogP contribution < -0.4 is 4.90 Å². The molecule has 3 nitrogen and oxygen atoms in total. The number of anilines is 3. The monoisotopic (exact) mass is 575 g/mol. The van der Waals surface area contributed by atoms with Gasteiger partial charge in [0.15, 0.2) is 0 Å². The zero-order chi connectivity index (χ0) is 29.5. The van der Waals surface area contributed by atoms with Gasteiger partial charge in [-0.25, -0.2) is 0 Å². The second kappa shape index (κ2) is 9.22. The molecule has 0 aliphatic carbocycles. The summed E-state index contributed by atoms with van der Waals surface area (Å²) in [6, 6.07) is 53.8. The Morgan fingerprint density at radius 3 is 1.71 bits per heavy atom. The van der Waals surface area contributed by atoms with Crippen molar-refractivity contribution in [3.63, 3.8) is 0 Å². The van der Waals surface area contributed by atoms with E-state index in [9.17, 15) is 0 Å². The van der Waals surface area contributed by atoms with Gasteiger partial charge in [0.1, 0.15) is 22.3 Å². The van der Waals surface area contributed by atoms with Gasteiger partial charge in [-0.1, -0.05) is 97.1 Å².